The Hall–Kier alpha value is -2.06. The van der Waals surface area contributed by atoms with Crippen molar-refractivity contribution in [3.8, 4) is 18.1 Å². The highest BCUT2D eigenvalue weighted by Gasteiger charge is 2.16. The summed E-state index contributed by atoms with van der Waals surface area (Å²) >= 11 is 0. The Kier molecular flexibility index (Phi) is 5.83. The van der Waals surface area contributed by atoms with Crippen molar-refractivity contribution in [3.05, 3.63) is 23.5 Å². The zero-order valence-corrected chi connectivity index (χ0v) is 11.3. The molecule has 0 aromatic carbocycles. The molecule has 1 aromatic rings. The Morgan fingerprint density at radius 1 is 1.63 bits per heavy atom. The Morgan fingerprint density at radius 2 is 2.37 bits per heavy atom. The van der Waals surface area contributed by atoms with Crippen LogP contribution in [-0.4, -0.2) is 30.1 Å². The van der Waals surface area contributed by atoms with Crippen LogP contribution in [0.1, 0.15) is 18.3 Å². The monoisotopic (exact) mass is 261 g/mol. The second kappa shape index (κ2) is 7.39. The lowest BCUT2D eigenvalue weighted by Gasteiger charge is -2.16. The van der Waals surface area contributed by atoms with E-state index in [-0.39, 0.29) is 12.5 Å². The first kappa shape index (κ1) is 15.0. The first-order chi connectivity index (χ1) is 9.08. The average Bonchev–Trinajstić information content (AvgIpc) is 2.39. The van der Waals surface area contributed by atoms with Gasteiger partial charge < -0.3 is 15.8 Å². The van der Waals surface area contributed by atoms with E-state index in [1.54, 1.807) is 13.0 Å². The molecule has 0 aliphatic carbocycles. The number of nitrogens with zero attached hydrogens (tertiary/aromatic N) is 1. The lowest BCUT2D eigenvalue weighted by atomic mass is 10.2. The molecule has 0 saturated heterocycles. The molecule has 0 bridgehead atoms. The highest BCUT2D eigenvalue weighted by Crippen LogP contribution is 2.18. The van der Waals surface area contributed by atoms with E-state index in [0.29, 0.717) is 18.7 Å². The summed E-state index contributed by atoms with van der Waals surface area (Å²) in [4.78, 5) is 16.0. The van der Waals surface area contributed by atoms with Gasteiger partial charge in [0.15, 0.2) is 6.10 Å². The summed E-state index contributed by atoms with van der Waals surface area (Å²) in [6.07, 6.45) is 5.06. The van der Waals surface area contributed by atoms with Crippen LogP contribution in [0.25, 0.3) is 0 Å². The summed E-state index contributed by atoms with van der Waals surface area (Å²) in [5, 5.41) is 2.57. The van der Waals surface area contributed by atoms with E-state index >= 15 is 0 Å². The Bertz CT molecular complexity index is 480. The third-order valence-electron chi connectivity index (χ3n) is 2.49. The number of carbonyl (C=O) groups is 1. The van der Waals surface area contributed by atoms with E-state index < -0.39 is 6.10 Å². The number of nitrogens with one attached hydrogen (secondary N) is 1. The van der Waals surface area contributed by atoms with Gasteiger partial charge in [-0.25, -0.2) is 0 Å². The summed E-state index contributed by atoms with van der Waals surface area (Å²) in [5.41, 5.74) is 7.19. The molecule has 5 nitrogen and oxygen atoms in total. The number of aromatic nitrogens is 1. The maximum absolute atomic E-state index is 11.7. The molecule has 19 heavy (non-hydrogen) atoms. The van der Waals surface area contributed by atoms with Crippen LogP contribution in [0.3, 0.4) is 0 Å². The maximum atomic E-state index is 11.7. The second-order valence-electron chi connectivity index (χ2n) is 4.12. The number of hydrogen-bond acceptors (Lipinski definition) is 4. The first-order valence-electron chi connectivity index (χ1n) is 6.13. The summed E-state index contributed by atoms with van der Waals surface area (Å²) in [5.74, 6) is 2.67. The molecule has 1 heterocycles. The molecule has 1 unspecified atom stereocenters. The third kappa shape index (κ3) is 4.60. The van der Waals surface area contributed by atoms with Crippen LogP contribution in [0.15, 0.2) is 12.1 Å². The van der Waals surface area contributed by atoms with Crippen LogP contribution in [-0.2, 0) is 11.2 Å². The van der Waals surface area contributed by atoms with Crippen LogP contribution in [0.4, 0.5) is 0 Å². The largest absolute Gasteiger partial charge is 0.479 e. The van der Waals surface area contributed by atoms with Gasteiger partial charge in [0, 0.05) is 12.1 Å². The molecule has 0 aliphatic rings. The van der Waals surface area contributed by atoms with Crippen molar-refractivity contribution in [3.63, 3.8) is 0 Å². The van der Waals surface area contributed by atoms with Crippen molar-refractivity contribution in [1.82, 2.24) is 10.3 Å². The fourth-order valence-corrected chi connectivity index (χ4v) is 1.55. The Morgan fingerprint density at radius 3 is 3.00 bits per heavy atom. The minimum Gasteiger partial charge on any atom is -0.479 e. The fourth-order valence-electron chi connectivity index (χ4n) is 1.55. The number of ether oxygens (including phenoxy) is 1. The summed E-state index contributed by atoms with van der Waals surface area (Å²) in [7, 11) is 0. The minimum absolute atomic E-state index is 0.189. The number of amides is 1. The molecule has 0 saturated carbocycles. The Labute approximate surface area is 113 Å². The number of aryl methyl sites for hydroxylation is 1. The highest BCUT2D eigenvalue weighted by atomic mass is 16.5. The van der Waals surface area contributed by atoms with Crippen molar-refractivity contribution in [2.75, 3.05) is 13.1 Å². The molecule has 0 aliphatic heterocycles. The van der Waals surface area contributed by atoms with Gasteiger partial charge in [-0.1, -0.05) is 5.92 Å². The van der Waals surface area contributed by atoms with Gasteiger partial charge in [0.2, 0.25) is 0 Å². The number of terminal acetylenes is 1. The normalized spacial score (nSPS) is 11.5. The van der Waals surface area contributed by atoms with Gasteiger partial charge in [-0.05, 0) is 32.5 Å². The number of nitrogens with two attached hydrogens (primary N) is 1. The molecule has 1 rings (SSSR count). The number of carbonyl (C=O) groups excluding carboxylic acids is 1. The van der Waals surface area contributed by atoms with Gasteiger partial charge in [-0.3, -0.25) is 9.78 Å². The molecule has 0 radical (unpaired) electrons. The van der Waals surface area contributed by atoms with E-state index in [9.17, 15) is 4.79 Å². The van der Waals surface area contributed by atoms with Crippen molar-refractivity contribution >= 4 is 5.91 Å². The zero-order chi connectivity index (χ0) is 14.3. The molecule has 1 atom stereocenters. The number of hydrogen-bond donors (Lipinski definition) is 2. The molecule has 1 aromatic heterocycles. The highest BCUT2D eigenvalue weighted by molar-refractivity contribution is 5.80. The third-order valence-corrected chi connectivity index (χ3v) is 2.49. The van der Waals surface area contributed by atoms with Crippen LogP contribution >= 0.6 is 0 Å². The molecule has 3 N–H and O–H groups in total. The van der Waals surface area contributed by atoms with E-state index in [4.69, 9.17) is 16.9 Å². The molecule has 102 valence electrons. The van der Waals surface area contributed by atoms with Gasteiger partial charge >= 0.3 is 0 Å². The smallest absolute Gasteiger partial charge is 0.261 e. The predicted octanol–water partition coefficient (Wildman–Crippen LogP) is 0.408. The quantitative estimate of drug-likeness (QED) is 0.727. The Balaban J connectivity index is 2.75. The van der Waals surface area contributed by atoms with Crippen molar-refractivity contribution in [1.29, 1.82) is 0 Å². The van der Waals surface area contributed by atoms with Crippen molar-refractivity contribution in [2.45, 2.75) is 26.4 Å². The van der Waals surface area contributed by atoms with E-state index in [0.717, 1.165) is 11.4 Å². The van der Waals surface area contributed by atoms with Gasteiger partial charge in [-0.15, -0.1) is 6.42 Å². The molecular formula is C14H19N3O2. The lowest BCUT2D eigenvalue weighted by Crippen LogP contribution is -2.36. The van der Waals surface area contributed by atoms with Crippen LogP contribution in [0.5, 0.6) is 5.75 Å². The van der Waals surface area contributed by atoms with E-state index in [2.05, 4.69) is 16.2 Å². The molecule has 0 fully saturated rings. The van der Waals surface area contributed by atoms with Crippen molar-refractivity contribution < 1.29 is 9.53 Å². The fraction of sp³-hybridized carbons (Fsp3) is 0.429. The van der Waals surface area contributed by atoms with E-state index in [1.165, 1.54) is 0 Å². The maximum Gasteiger partial charge on any atom is 0.261 e. The molecule has 1 amide bonds. The molecule has 5 heteroatoms. The van der Waals surface area contributed by atoms with Crippen LogP contribution in [0, 0.1) is 19.3 Å². The zero-order valence-electron chi connectivity index (χ0n) is 11.3. The van der Waals surface area contributed by atoms with Gasteiger partial charge in [-0.2, -0.15) is 0 Å². The van der Waals surface area contributed by atoms with Gasteiger partial charge in [0.1, 0.15) is 5.75 Å². The summed E-state index contributed by atoms with van der Waals surface area (Å²) in [6, 6.07) is 3.64. The average molecular weight is 261 g/mol. The second-order valence-corrected chi connectivity index (χ2v) is 4.12. The lowest BCUT2D eigenvalue weighted by molar-refractivity contribution is -0.127. The first-order valence-corrected chi connectivity index (χ1v) is 6.13. The number of pyridine rings is 1. The topological polar surface area (TPSA) is 77.2 Å². The van der Waals surface area contributed by atoms with E-state index in [1.807, 2.05) is 13.0 Å². The van der Waals surface area contributed by atoms with Crippen molar-refractivity contribution in [2.24, 2.45) is 5.73 Å². The molecule has 0 spiro atoms. The predicted molar refractivity (Wildman–Crippen MR) is 73.7 cm³/mol. The van der Waals surface area contributed by atoms with Gasteiger partial charge in [0.25, 0.3) is 5.91 Å². The molecular weight excluding hydrogens is 242 g/mol. The minimum atomic E-state index is -0.630. The summed E-state index contributed by atoms with van der Waals surface area (Å²) in [6.45, 7) is 4.23. The van der Waals surface area contributed by atoms with Crippen LogP contribution < -0.4 is 15.8 Å². The van der Waals surface area contributed by atoms with Crippen LogP contribution in [0.2, 0.25) is 0 Å². The number of rotatable bonds is 6. The standard InChI is InChI=1S/C14H19N3O2/c1-4-9-16-14(18)11(3)19-13-6-5-10(2)17-12(13)7-8-15/h1,5-6,11H,7-9,15H2,2-3H3,(H,16,18). The SMILES string of the molecule is C#CCNC(=O)C(C)Oc1ccc(C)nc1CCN. The van der Waals surface area contributed by atoms with Gasteiger partial charge in [0.05, 0.1) is 12.2 Å². The summed E-state index contributed by atoms with van der Waals surface area (Å²) < 4.78 is 5.61.